The van der Waals surface area contributed by atoms with Gasteiger partial charge in [0.25, 0.3) is 0 Å². The second-order valence-electron chi connectivity index (χ2n) is 2.17. The second kappa shape index (κ2) is 3.33. The van der Waals surface area contributed by atoms with Crippen molar-refractivity contribution in [3.05, 3.63) is 0 Å². The average molecular weight is 137 g/mol. The Bertz CT molecular complexity index is 59.9. The van der Waals surface area contributed by atoms with Crippen molar-refractivity contribution in [2.24, 2.45) is 5.14 Å². The molecule has 0 radical (unpaired) electrons. The minimum Gasteiger partial charge on any atom is -0.339 e. The molecule has 0 aliphatic carbocycles. The van der Waals surface area contributed by atoms with Crippen molar-refractivity contribution in [3.63, 3.8) is 0 Å². The molecule has 1 unspecified atom stereocenters. The maximum atomic E-state index is 9.01. The summed E-state index contributed by atoms with van der Waals surface area (Å²) in [5, 5.41) is 5.36. The van der Waals surface area contributed by atoms with Gasteiger partial charge in [-0.3, -0.25) is 5.14 Å². The molecule has 0 aliphatic rings. The Balaban J connectivity index is 3.11. The standard InChI is InChI=1S/C5H15NOS/c1-3-4-5-8(2,6)7/h7H,3-6H2,1-2H3. The smallest absolute Gasteiger partial charge is 0.0108 e. The van der Waals surface area contributed by atoms with Gasteiger partial charge in [0.2, 0.25) is 0 Å². The lowest BCUT2D eigenvalue weighted by atomic mass is 10.4. The molecule has 3 N–H and O–H groups in total. The Morgan fingerprint density at radius 3 is 2.25 bits per heavy atom. The highest BCUT2D eigenvalue weighted by Gasteiger charge is 2.03. The lowest BCUT2D eigenvalue weighted by Crippen LogP contribution is -2.11. The number of hydrogen-bond donors (Lipinski definition) is 2. The van der Waals surface area contributed by atoms with Gasteiger partial charge in [0.1, 0.15) is 0 Å². The van der Waals surface area contributed by atoms with Gasteiger partial charge in [-0.25, -0.2) is 0 Å². The van der Waals surface area contributed by atoms with Gasteiger partial charge in [-0.05, 0) is 12.7 Å². The lowest BCUT2D eigenvalue weighted by molar-refractivity contribution is 0.627. The highest BCUT2D eigenvalue weighted by atomic mass is 32.3. The summed E-state index contributed by atoms with van der Waals surface area (Å²) in [6.45, 7) is 2.09. The fraction of sp³-hybridized carbons (Fsp3) is 1.00. The van der Waals surface area contributed by atoms with Gasteiger partial charge >= 0.3 is 0 Å². The largest absolute Gasteiger partial charge is 0.339 e. The first kappa shape index (κ1) is 8.27. The zero-order valence-corrected chi connectivity index (χ0v) is 6.37. The van der Waals surface area contributed by atoms with Crippen molar-refractivity contribution in [2.75, 3.05) is 12.0 Å². The molecule has 0 aromatic heterocycles. The van der Waals surface area contributed by atoms with Gasteiger partial charge in [-0.15, -0.1) is 0 Å². The number of unbranched alkanes of at least 4 members (excludes halogenated alkanes) is 1. The van der Waals surface area contributed by atoms with E-state index in [1.165, 1.54) is 0 Å². The maximum absolute atomic E-state index is 9.01. The zero-order chi connectivity index (χ0) is 6.62. The Hall–Kier alpha value is 0.270. The van der Waals surface area contributed by atoms with E-state index < -0.39 is 10.5 Å². The molecule has 0 spiro atoms. The van der Waals surface area contributed by atoms with Crippen molar-refractivity contribution in [2.45, 2.75) is 19.8 Å². The van der Waals surface area contributed by atoms with Crippen LogP contribution in [0.1, 0.15) is 19.8 Å². The first-order chi connectivity index (χ1) is 3.56. The molecule has 0 aromatic carbocycles. The van der Waals surface area contributed by atoms with Crippen LogP contribution in [-0.2, 0) is 0 Å². The van der Waals surface area contributed by atoms with Gasteiger partial charge in [0, 0.05) is 5.75 Å². The van der Waals surface area contributed by atoms with Crippen LogP contribution >= 0.6 is 10.5 Å². The molecule has 2 nitrogen and oxygen atoms in total. The summed E-state index contributed by atoms with van der Waals surface area (Å²) >= 11 is 0. The van der Waals surface area contributed by atoms with Crippen LogP contribution < -0.4 is 5.14 Å². The summed E-state index contributed by atoms with van der Waals surface area (Å²) in [7, 11) is -1.69. The van der Waals surface area contributed by atoms with E-state index in [2.05, 4.69) is 6.92 Å². The van der Waals surface area contributed by atoms with E-state index in [9.17, 15) is 0 Å². The minimum absolute atomic E-state index is 0.781. The van der Waals surface area contributed by atoms with Crippen LogP contribution in [0, 0.1) is 0 Å². The fourth-order valence-corrected chi connectivity index (χ4v) is 1.31. The first-order valence-corrected chi connectivity index (χ1v) is 5.05. The molecule has 0 fully saturated rings. The van der Waals surface area contributed by atoms with E-state index >= 15 is 0 Å². The molecule has 52 valence electrons. The molecule has 0 saturated carbocycles. The lowest BCUT2D eigenvalue weighted by Gasteiger charge is -2.21. The molecule has 0 aliphatic heterocycles. The average Bonchev–Trinajstić information content (AvgIpc) is 1.59. The van der Waals surface area contributed by atoms with Crippen molar-refractivity contribution in [1.82, 2.24) is 0 Å². The summed E-state index contributed by atoms with van der Waals surface area (Å²) in [6, 6.07) is 0. The molecule has 0 saturated heterocycles. The molecule has 8 heavy (non-hydrogen) atoms. The zero-order valence-electron chi connectivity index (χ0n) is 5.55. The van der Waals surface area contributed by atoms with Gasteiger partial charge < -0.3 is 4.55 Å². The summed E-state index contributed by atoms with van der Waals surface area (Å²) in [5.74, 6) is 0.781. The van der Waals surface area contributed by atoms with E-state index in [1.807, 2.05) is 0 Å². The van der Waals surface area contributed by atoms with E-state index in [0.29, 0.717) is 0 Å². The van der Waals surface area contributed by atoms with Crippen molar-refractivity contribution >= 4 is 10.5 Å². The Labute approximate surface area is 52.7 Å². The van der Waals surface area contributed by atoms with Crippen molar-refractivity contribution in [3.8, 4) is 0 Å². The highest BCUT2D eigenvalue weighted by Crippen LogP contribution is 2.29. The van der Waals surface area contributed by atoms with Gasteiger partial charge in [-0.2, -0.15) is 0 Å². The summed E-state index contributed by atoms with van der Waals surface area (Å²) < 4.78 is 9.01. The third-order valence-corrected chi connectivity index (χ3v) is 2.03. The second-order valence-corrected chi connectivity index (χ2v) is 4.79. The van der Waals surface area contributed by atoms with Crippen LogP contribution in [0.5, 0.6) is 0 Å². The maximum Gasteiger partial charge on any atom is 0.0108 e. The quantitative estimate of drug-likeness (QED) is 0.620. The summed E-state index contributed by atoms with van der Waals surface area (Å²) in [5.41, 5.74) is 0. The van der Waals surface area contributed by atoms with Crippen LogP contribution in [0.4, 0.5) is 0 Å². The molecular formula is C5H15NOS. The van der Waals surface area contributed by atoms with Crippen LogP contribution in [0.15, 0.2) is 0 Å². The van der Waals surface area contributed by atoms with Crippen LogP contribution in [-0.4, -0.2) is 16.6 Å². The third-order valence-electron chi connectivity index (χ3n) is 0.911. The van der Waals surface area contributed by atoms with E-state index in [-0.39, 0.29) is 0 Å². The fourth-order valence-electron chi connectivity index (χ4n) is 0.437. The summed E-state index contributed by atoms with van der Waals surface area (Å²) in [6.07, 6.45) is 3.86. The number of hydrogen-bond acceptors (Lipinski definition) is 2. The minimum atomic E-state index is -1.69. The van der Waals surface area contributed by atoms with Crippen molar-refractivity contribution < 1.29 is 4.55 Å². The molecule has 1 atom stereocenters. The Kier molecular flexibility index (Phi) is 3.44. The van der Waals surface area contributed by atoms with Gasteiger partial charge in [-0.1, -0.05) is 23.8 Å². The van der Waals surface area contributed by atoms with E-state index in [4.69, 9.17) is 9.69 Å². The van der Waals surface area contributed by atoms with Crippen LogP contribution in [0.3, 0.4) is 0 Å². The third kappa shape index (κ3) is 6.27. The molecule has 3 heteroatoms. The first-order valence-electron chi connectivity index (χ1n) is 2.82. The predicted octanol–water partition coefficient (Wildman–Crippen LogP) is 1.57. The predicted molar refractivity (Wildman–Crippen MR) is 40.1 cm³/mol. The number of nitrogens with two attached hydrogens (primary N) is 1. The van der Waals surface area contributed by atoms with Crippen LogP contribution in [0.25, 0.3) is 0 Å². The summed E-state index contributed by atoms with van der Waals surface area (Å²) in [4.78, 5) is 0. The molecule has 0 bridgehead atoms. The topological polar surface area (TPSA) is 46.2 Å². The van der Waals surface area contributed by atoms with Crippen LogP contribution in [0.2, 0.25) is 0 Å². The van der Waals surface area contributed by atoms with E-state index in [1.54, 1.807) is 6.26 Å². The molecule has 0 rings (SSSR count). The number of rotatable bonds is 3. The normalized spacial score (nSPS) is 22.0. The monoisotopic (exact) mass is 137 g/mol. The SMILES string of the molecule is CCCCS(C)(N)O. The molecule has 0 aromatic rings. The van der Waals surface area contributed by atoms with Gasteiger partial charge in [0.15, 0.2) is 0 Å². The van der Waals surface area contributed by atoms with E-state index in [0.717, 1.165) is 18.6 Å². The van der Waals surface area contributed by atoms with Crippen molar-refractivity contribution in [1.29, 1.82) is 0 Å². The molecule has 0 amide bonds. The highest BCUT2D eigenvalue weighted by molar-refractivity contribution is 8.26. The molecular weight excluding hydrogens is 122 g/mol. The van der Waals surface area contributed by atoms with Gasteiger partial charge in [0.05, 0.1) is 0 Å². The Morgan fingerprint density at radius 2 is 2.12 bits per heavy atom. The molecule has 0 heterocycles. The Morgan fingerprint density at radius 1 is 1.62 bits per heavy atom.